The monoisotopic (exact) mass is 318 g/mol. The van der Waals surface area contributed by atoms with E-state index in [-0.39, 0.29) is 22.7 Å². The smallest absolute Gasteiger partial charge is 0.241 e. The van der Waals surface area contributed by atoms with Crippen LogP contribution in [-0.4, -0.2) is 28.2 Å². The first-order valence-electron chi connectivity index (χ1n) is 6.87. The summed E-state index contributed by atoms with van der Waals surface area (Å²) in [7, 11) is -3.77. The summed E-state index contributed by atoms with van der Waals surface area (Å²) < 4.78 is 45.6. The number of ether oxygens (including phenoxy) is 1. The molecule has 7 heteroatoms. The molecule has 5 nitrogen and oxygen atoms in total. The van der Waals surface area contributed by atoms with E-state index in [0.29, 0.717) is 25.6 Å². The second-order valence-electron chi connectivity index (χ2n) is 5.35. The highest BCUT2D eigenvalue weighted by Crippen LogP contribution is 2.21. The summed E-state index contributed by atoms with van der Waals surface area (Å²) in [4.78, 5) is -0.122. The Morgan fingerprint density at radius 2 is 2.05 bits per heavy atom. The summed E-state index contributed by atoms with van der Waals surface area (Å²) in [6.45, 7) is 6.85. The van der Waals surface area contributed by atoms with Crippen molar-refractivity contribution in [2.24, 2.45) is 5.92 Å². The fraction of sp³-hybridized carbons (Fsp3) is 0.571. The van der Waals surface area contributed by atoms with Crippen LogP contribution in [0, 0.1) is 18.7 Å². The molecule has 1 aromatic carbocycles. The van der Waals surface area contributed by atoms with Crippen LogP contribution in [0.2, 0.25) is 0 Å². The summed E-state index contributed by atoms with van der Waals surface area (Å²) in [5, 5.41) is 0. The molecule has 0 aromatic heterocycles. The highest BCUT2D eigenvalue weighted by atomic mass is 32.2. The fourth-order valence-corrected chi connectivity index (χ4v) is 3.09. The average molecular weight is 318 g/mol. The highest BCUT2D eigenvalue weighted by Gasteiger charge is 2.19. The van der Waals surface area contributed by atoms with E-state index in [1.807, 2.05) is 13.8 Å². The zero-order valence-corrected chi connectivity index (χ0v) is 13.5. The minimum absolute atomic E-state index is 0.0627. The van der Waals surface area contributed by atoms with Crippen LogP contribution < -0.4 is 10.5 Å². The third-order valence-corrected chi connectivity index (χ3v) is 4.40. The fourth-order valence-electron chi connectivity index (χ4n) is 1.73. The lowest BCUT2D eigenvalue weighted by molar-refractivity contribution is 0.108. The van der Waals surface area contributed by atoms with Crippen molar-refractivity contribution in [3.05, 3.63) is 23.5 Å². The zero-order chi connectivity index (χ0) is 16.0. The first kappa shape index (κ1) is 17.9. The predicted octanol–water partition coefficient (Wildman–Crippen LogP) is 2.06. The molecule has 0 aliphatic rings. The molecular weight excluding hydrogens is 295 g/mol. The number of hydrogen-bond donors (Lipinski definition) is 2. The van der Waals surface area contributed by atoms with Crippen molar-refractivity contribution < 1.29 is 17.5 Å². The Balaban J connectivity index is 2.59. The average Bonchev–Trinajstić information content (AvgIpc) is 2.37. The quantitative estimate of drug-likeness (QED) is 0.568. The number of nitrogens with two attached hydrogens (primary N) is 1. The Hall–Kier alpha value is -1.18. The molecule has 0 atom stereocenters. The second-order valence-corrected chi connectivity index (χ2v) is 7.08. The van der Waals surface area contributed by atoms with Crippen LogP contribution in [-0.2, 0) is 14.8 Å². The maximum atomic E-state index is 13.5. The lowest BCUT2D eigenvalue weighted by atomic mass is 10.2. The van der Waals surface area contributed by atoms with Crippen LogP contribution in [0.1, 0.15) is 25.8 Å². The van der Waals surface area contributed by atoms with Crippen molar-refractivity contribution in [3.63, 3.8) is 0 Å². The molecule has 0 amide bonds. The van der Waals surface area contributed by atoms with Gasteiger partial charge in [-0.15, -0.1) is 0 Å². The van der Waals surface area contributed by atoms with E-state index >= 15 is 0 Å². The first-order chi connectivity index (χ1) is 9.74. The van der Waals surface area contributed by atoms with Crippen LogP contribution in [0.4, 0.5) is 10.1 Å². The Kier molecular flexibility index (Phi) is 6.57. The lowest BCUT2D eigenvalue weighted by Gasteiger charge is -2.11. The third-order valence-electron chi connectivity index (χ3n) is 2.82. The van der Waals surface area contributed by atoms with Crippen molar-refractivity contribution >= 4 is 15.7 Å². The Morgan fingerprint density at radius 3 is 2.67 bits per heavy atom. The molecule has 1 aromatic rings. The molecule has 0 spiro atoms. The largest absolute Gasteiger partial charge is 0.399 e. The summed E-state index contributed by atoms with van der Waals surface area (Å²) in [5.41, 5.74) is 5.64. The first-order valence-corrected chi connectivity index (χ1v) is 8.35. The molecule has 3 N–H and O–H groups in total. The third kappa shape index (κ3) is 5.61. The summed E-state index contributed by atoms with van der Waals surface area (Å²) in [6.07, 6.45) is 0.551. The number of sulfonamides is 1. The number of nitrogens with one attached hydrogen (secondary N) is 1. The summed E-state index contributed by atoms with van der Waals surface area (Å²) in [6, 6.07) is 2.37. The normalized spacial score (nSPS) is 12.0. The van der Waals surface area contributed by atoms with Crippen LogP contribution in [0.25, 0.3) is 0 Å². The van der Waals surface area contributed by atoms with Gasteiger partial charge in [0.25, 0.3) is 0 Å². The SMILES string of the molecule is Cc1c(F)cc(N)cc1S(=O)(=O)NCCCOCC(C)C. The van der Waals surface area contributed by atoms with E-state index in [1.165, 1.54) is 13.0 Å². The van der Waals surface area contributed by atoms with E-state index in [2.05, 4.69) is 4.72 Å². The molecule has 1 rings (SSSR count). The van der Waals surface area contributed by atoms with Gasteiger partial charge in [0.05, 0.1) is 4.90 Å². The Morgan fingerprint density at radius 1 is 1.38 bits per heavy atom. The van der Waals surface area contributed by atoms with E-state index in [9.17, 15) is 12.8 Å². The van der Waals surface area contributed by atoms with E-state index in [1.54, 1.807) is 0 Å². The molecule has 0 saturated carbocycles. The molecule has 0 radical (unpaired) electrons. The Labute approximate surface area is 125 Å². The van der Waals surface area contributed by atoms with E-state index in [0.717, 1.165) is 6.07 Å². The van der Waals surface area contributed by atoms with Gasteiger partial charge in [0.15, 0.2) is 0 Å². The molecule has 21 heavy (non-hydrogen) atoms. The van der Waals surface area contributed by atoms with Gasteiger partial charge in [-0.1, -0.05) is 13.8 Å². The van der Waals surface area contributed by atoms with Crippen molar-refractivity contribution in [1.82, 2.24) is 4.72 Å². The molecule has 0 unspecified atom stereocenters. The lowest BCUT2D eigenvalue weighted by Crippen LogP contribution is -2.26. The molecule has 0 fully saturated rings. The van der Waals surface area contributed by atoms with Gasteiger partial charge in [0, 0.05) is 31.0 Å². The van der Waals surface area contributed by atoms with E-state index in [4.69, 9.17) is 10.5 Å². The minimum atomic E-state index is -3.77. The number of anilines is 1. The number of halogens is 1. The number of nitrogen functional groups attached to an aromatic ring is 1. The van der Waals surface area contributed by atoms with Crippen molar-refractivity contribution in [2.45, 2.75) is 32.1 Å². The van der Waals surface area contributed by atoms with Crippen molar-refractivity contribution in [3.8, 4) is 0 Å². The molecule has 0 bridgehead atoms. The van der Waals surface area contributed by atoms with Gasteiger partial charge in [0.2, 0.25) is 10.0 Å². The minimum Gasteiger partial charge on any atom is -0.399 e. The Bertz CT molecular complexity index is 574. The van der Waals surface area contributed by atoms with Crippen molar-refractivity contribution in [1.29, 1.82) is 0 Å². The molecule has 0 saturated heterocycles. The van der Waals surface area contributed by atoms with Gasteiger partial charge in [-0.3, -0.25) is 0 Å². The topological polar surface area (TPSA) is 81.4 Å². The molecule has 0 aliphatic carbocycles. The standard InChI is InChI=1S/C14H23FN2O3S/c1-10(2)9-20-6-4-5-17-21(18,19)14-8-12(16)7-13(15)11(14)3/h7-8,10,17H,4-6,9,16H2,1-3H3. The van der Waals surface area contributed by atoms with Gasteiger partial charge < -0.3 is 10.5 Å². The van der Waals surface area contributed by atoms with Gasteiger partial charge in [-0.2, -0.15) is 0 Å². The zero-order valence-electron chi connectivity index (χ0n) is 12.6. The molecule has 0 heterocycles. The van der Waals surface area contributed by atoms with E-state index < -0.39 is 15.8 Å². The van der Waals surface area contributed by atoms with Gasteiger partial charge in [-0.05, 0) is 31.4 Å². The summed E-state index contributed by atoms with van der Waals surface area (Å²) >= 11 is 0. The van der Waals surface area contributed by atoms with Gasteiger partial charge in [0.1, 0.15) is 5.82 Å². The van der Waals surface area contributed by atoms with Gasteiger partial charge in [-0.25, -0.2) is 17.5 Å². The molecule has 120 valence electrons. The number of hydrogen-bond acceptors (Lipinski definition) is 4. The van der Waals surface area contributed by atoms with Crippen molar-refractivity contribution in [2.75, 3.05) is 25.5 Å². The molecule has 0 aliphatic heterocycles. The second kappa shape index (κ2) is 7.72. The number of rotatable bonds is 8. The van der Waals surface area contributed by atoms with Crippen LogP contribution in [0.5, 0.6) is 0 Å². The van der Waals surface area contributed by atoms with Gasteiger partial charge >= 0.3 is 0 Å². The highest BCUT2D eigenvalue weighted by molar-refractivity contribution is 7.89. The van der Waals surface area contributed by atoms with Crippen LogP contribution >= 0.6 is 0 Å². The predicted molar refractivity (Wildman–Crippen MR) is 81.0 cm³/mol. The number of benzene rings is 1. The molecular formula is C14H23FN2O3S. The van der Waals surface area contributed by atoms with Crippen LogP contribution in [0.15, 0.2) is 17.0 Å². The maximum Gasteiger partial charge on any atom is 0.241 e. The maximum absolute atomic E-state index is 13.5. The van der Waals surface area contributed by atoms with Crippen LogP contribution in [0.3, 0.4) is 0 Å². The summed E-state index contributed by atoms with van der Waals surface area (Å²) in [5.74, 6) is -0.185.